The Balaban J connectivity index is 1.61. The van der Waals surface area contributed by atoms with Gasteiger partial charge in [0.15, 0.2) is 11.8 Å². The van der Waals surface area contributed by atoms with E-state index in [1.54, 1.807) is 30.6 Å². The van der Waals surface area contributed by atoms with Gasteiger partial charge in [-0.15, -0.1) is 0 Å². The van der Waals surface area contributed by atoms with Gasteiger partial charge < -0.3 is 25.0 Å². The molecule has 4 N–H and O–H groups in total. The highest BCUT2D eigenvalue weighted by Crippen LogP contribution is 2.25. The number of hydrogen-bond acceptors (Lipinski definition) is 8. The van der Waals surface area contributed by atoms with E-state index in [1.807, 2.05) is 10.2 Å². The summed E-state index contributed by atoms with van der Waals surface area (Å²) >= 11 is 0. The number of hydrogen-bond donors (Lipinski definition) is 3. The molecule has 1 aliphatic rings. The van der Waals surface area contributed by atoms with E-state index in [0.29, 0.717) is 37.9 Å². The molecule has 2 heterocycles. The molecule has 1 aliphatic heterocycles. The lowest BCUT2D eigenvalue weighted by molar-refractivity contribution is 0.143. The summed E-state index contributed by atoms with van der Waals surface area (Å²) in [6.07, 6.45) is 2.50. The zero-order chi connectivity index (χ0) is 20.8. The van der Waals surface area contributed by atoms with Crippen molar-refractivity contribution < 1.29 is 18.7 Å². The summed E-state index contributed by atoms with van der Waals surface area (Å²) in [4.78, 5) is 23.7. The van der Waals surface area contributed by atoms with Crippen LogP contribution in [0.5, 0.6) is 6.01 Å². The number of nitrogens with two attached hydrogens (primary N) is 1. The molecule has 0 atom stereocenters. The Bertz CT molecular complexity index is 870. The van der Waals surface area contributed by atoms with Crippen LogP contribution in [0.1, 0.15) is 5.56 Å². The Labute approximate surface area is 166 Å². The molecule has 29 heavy (non-hydrogen) atoms. The molecule has 0 radical (unpaired) electrons. The molecule has 154 valence electrons. The van der Waals surface area contributed by atoms with Crippen molar-refractivity contribution in [2.24, 2.45) is 5.73 Å². The van der Waals surface area contributed by atoms with Crippen LogP contribution in [0.3, 0.4) is 0 Å². The lowest BCUT2D eigenvalue weighted by atomic mass is 10.1. The van der Waals surface area contributed by atoms with E-state index < -0.39 is 17.9 Å². The van der Waals surface area contributed by atoms with Crippen molar-refractivity contribution >= 4 is 23.4 Å². The number of halogens is 1. The Morgan fingerprint density at radius 1 is 1.24 bits per heavy atom. The highest BCUT2D eigenvalue weighted by Gasteiger charge is 2.22. The van der Waals surface area contributed by atoms with Crippen LogP contribution in [0.2, 0.25) is 0 Å². The standard InChI is InChI=1S/C18H22FN7O3/c1-28-17-22-9-13(10-23-17)25-5-7-26(8-6-25)14-4-2-3-12(15(14)19)11-29-18(27)24-16(20)21/h2-4,9-10H,5-8,11H2,1H3,(H4,20,21,24,27). The number of benzene rings is 1. The van der Waals surface area contributed by atoms with Crippen LogP contribution in [0.25, 0.3) is 0 Å². The molecule has 0 saturated carbocycles. The number of alkyl carbamates (subject to hydrolysis) is 1. The first-order chi connectivity index (χ1) is 14.0. The summed E-state index contributed by atoms with van der Waals surface area (Å²) in [6, 6.07) is 5.26. The number of aromatic nitrogens is 2. The molecule has 1 fully saturated rings. The lowest BCUT2D eigenvalue weighted by Crippen LogP contribution is -2.47. The molecular formula is C18H22FN7O3. The minimum absolute atomic E-state index is 0.243. The van der Waals surface area contributed by atoms with E-state index in [0.717, 1.165) is 5.69 Å². The molecule has 0 aliphatic carbocycles. The summed E-state index contributed by atoms with van der Waals surface area (Å²) < 4.78 is 24.8. The maximum atomic E-state index is 14.9. The third-order valence-electron chi connectivity index (χ3n) is 4.44. The van der Waals surface area contributed by atoms with E-state index in [2.05, 4.69) is 14.9 Å². The van der Waals surface area contributed by atoms with Gasteiger partial charge in [-0.1, -0.05) is 12.1 Å². The highest BCUT2D eigenvalue weighted by molar-refractivity contribution is 5.90. The monoisotopic (exact) mass is 403 g/mol. The largest absolute Gasteiger partial charge is 0.467 e. The SMILES string of the molecule is COc1ncc(N2CCN(c3cccc(COC(=O)NC(=N)N)c3F)CC2)cn1. The van der Waals surface area contributed by atoms with Crippen molar-refractivity contribution in [3.8, 4) is 6.01 Å². The van der Waals surface area contributed by atoms with Crippen molar-refractivity contribution in [2.45, 2.75) is 6.61 Å². The second-order valence-corrected chi connectivity index (χ2v) is 6.27. The van der Waals surface area contributed by atoms with Gasteiger partial charge in [-0.25, -0.2) is 19.2 Å². The van der Waals surface area contributed by atoms with Crippen LogP contribution in [0.15, 0.2) is 30.6 Å². The van der Waals surface area contributed by atoms with Crippen LogP contribution in [-0.2, 0) is 11.3 Å². The third kappa shape index (κ3) is 5.00. The molecule has 1 saturated heterocycles. The average Bonchev–Trinajstić information content (AvgIpc) is 2.73. The van der Waals surface area contributed by atoms with Crippen LogP contribution in [-0.4, -0.2) is 55.3 Å². The minimum Gasteiger partial charge on any atom is -0.467 e. The van der Waals surface area contributed by atoms with Crippen molar-refractivity contribution in [3.63, 3.8) is 0 Å². The number of rotatable bonds is 5. The Morgan fingerprint density at radius 2 is 1.90 bits per heavy atom. The normalized spacial score (nSPS) is 13.7. The van der Waals surface area contributed by atoms with Crippen molar-refractivity contribution in [2.75, 3.05) is 43.1 Å². The number of anilines is 2. The number of carbonyl (C=O) groups excluding carboxylic acids is 1. The van der Waals surface area contributed by atoms with Crippen LogP contribution < -0.4 is 25.6 Å². The number of nitrogens with zero attached hydrogens (tertiary/aromatic N) is 4. The molecule has 1 amide bonds. The zero-order valence-electron chi connectivity index (χ0n) is 15.9. The van der Waals surface area contributed by atoms with Gasteiger partial charge in [0.1, 0.15) is 6.61 Å². The predicted molar refractivity (Wildman–Crippen MR) is 105 cm³/mol. The minimum atomic E-state index is -0.905. The van der Waals surface area contributed by atoms with Crippen LogP contribution in [0, 0.1) is 11.2 Å². The fourth-order valence-corrected chi connectivity index (χ4v) is 2.99. The summed E-state index contributed by atoms with van der Waals surface area (Å²) in [5.41, 5.74) is 6.62. The van der Waals surface area contributed by atoms with Crippen molar-refractivity contribution in [3.05, 3.63) is 42.0 Å². The van der Waals surface area contributed by atoms with Crippen LogP contribution in [0.4, 0.5) is 20.6 Å². The maximum absolute atomic E-state index is 14.9. The number of amides is 1. The summed E-state index contributed by atoms with van der Waals surface area (Å²) in [5.74, 6) is -0.978. The first-order valence-corrected chi connectivity index (χ1v) is 8.89. The maximum Gasteiger partial charge on any atom is 0.414 e. The van der Waals surface area contributed by atoms with Gasteiger partial charge in [0.2, 0.25) is 0 Å². The number of piperazine rings is 1. The van der Waals surface area contributed by atoms with Gasteiger partial charge in [-0.2, -0.15) is 0 Å². The van der Waals surface area contributed by atoms with E-state index in [9.17, 15) is 9.18 Å². The lowest BCUT2D eigenvalue weighted by Gasteiger charge is -2.37. The fraction of sp³-hybridized carbons (Fsp3) is 0.333. The Kier molecular flexibility index (Phi) is 6.27. The molecule has 11 heteroatoms. The molecule has 3 rings (SSSR count). The van der Waals surface area contributed by atoms with Gasteiger partial charge in [0, 0.05) is 31.7 Å². The third-order valence-corrected chi connectivity index (χ3v) is 4.44. The zero-order valence-corrected chi connectivity index (χ0v) is 15.9. The highest BCUT2D eigenvalue weighted by atomic mass is 19.1. The van der Waals surface area contributed by atoms with E-state index in [1.165, 1.54) is 7.11 Å². The molecule has 0 spiro atoms. The van der Waals surface area contributed by atoms with Gasteiger partial charge in [0.05, 0.1) is 30.9 Å². The topological polar surface area (TPSA) is 130 Å². The summed E-state index contributed by atoms with van der Waals surface area (Å²) in [5, 5.41) is 8.97. The van der Waals surface area contributed by atoms with Gasteiger partial charge in [0.25, 0.3) is 0 Å². The average molecular weight is 403 g/mol. The van der Waals surface area contributed by atoms with Crippen molar-refractivity contribution in [1.29, 1.82) is 5.41 Å². The molecule has 0 bridgehead atoms. The van der Waals surface area contributed by atoms with Gasteiger partial charge in [-0.05, 0) is 6.07 Å². The molecule has 1 aromatic heterocycles. The molecule has 1 aromatic carbocycles. The number of guanidine groups is 1. The number of carbonyl (C=O) groups is 1. The number of ether oxygens (including phenoxy) is 2. The van der Waals surface area contributed by atoms with Gasteiger partial charge in [-0.3, -0.25) is 10.7 Å². The second-order valence-electron chi connectivity index (χ2n) is 6.27. The molecular weight excluding hydrogens is 381 g/mol. The second kappa shape index (κ2) is 9.04. The quantitative estimate of drug-likeness (QED) is 0.499. The Morgan fingerprint density at radius 3 is 2.52 bits per heavy atom. The summed E-state index contributed by atoms with van der Waals surface area (Å²) in [7, 11) is 1.51. The van der Waals surface area contributed by atoms with Crippen molar-refractivity contribution in [1.82, 2.24) is 15.3 Å². The summed E-state index contributed by atoms with van der Waals surface area (Å²) in [6.45, 7) is 2.31. The number of nitrogens with one attached hydrogen (secondary N) is 2. The first-order valence-electron chi connectivity index (χ1n) is 8.89. The molecule has 10 nitrogen and oxygen atoms in total. The molecule has 2 aromatic rings. The number of methoxy groups -OCH3 is 1. The van der Waals surface area contributed by atoms with E-state index >= 15 is 0 Å². The fourth-order valence-electron chi connectivity index (χ4n) is 2.99. The predicted octanol–water partition coefficient (Wildman–Crippen LogP) is 1.07. The molecule has 0 unspecified atom stereocenters. The Hall–Kier alpha value is -3.63. The van der Waals surface area contributed by atoms with E-state index in [4.69, 9.17) is 20.6 Å². The smallest absolute Gasteiger partial charge is 0.414 e. The van der Waals surface area contributed by atoms with Crippen LogP contribution >= 0.6 is 0 Å². The first kappa shape index (κ1) is 20.1. The van der Waals surface area contributed by atoms with Gasteiger partial charge >= 0.3 is 12.1 Å². The van der Waals surface area contributed by atoms with E-state index in [-0.39, 0.29) is 12.2 Å².